The fourth-order valence-electron chi connectivity index (χ4n) is 2.20. The largest absolute Gasteiger partial charge is 0.445 e. The van der Waals surface area contributed by atoms with Crippen molar-refractivity contribution >= 4 is 12.0 Å². The molecule has 2 rings (SSSR count). The highest BCUT2D eigenvalue weighted by Crippen LogP contribution is 2.04. The van der Waals surface area contributed by atoms with Crippen LogP contribution in [-0.4, -0.2) is 30.5 Å². The molecule has 2 aromatic carbocycles. The third-order valence-electron chi connectivity index (χ3n) is 3.80. The minimum Gasteiger partial charge on any atom is -0.445 e. The van der Waals surface area contributed by atoms with E-state index < -0.39 is 6.09 Å². The molecule has 2 amide bonds. The number of carbonyl (C=O) groups excluding carboxylic acids is 2. The standard InChI is InChI=1S/C21H22N2O3/c1-3-17-9-11-18(12-10-17)15-22-20(24)13-14-23(2)21(25)26-16-19-7-5-4-6-8-19/h1,4-12H,13-16H2,2H3,(H,22,24). The van der Waals surface area contributed by atoms with E-state index in [0.29, 0.717) is 6.54 Å². The molecule has 0 saturated heterocycles. The van der Waals surface area contributed by atoms with Crippen molar-refractivity contribution in [3.63, 3.8) is 0 Å². The summed E-state index contributed by atoms with van der Waals surface area (Å²) in [5, 5.41) is 2.82. The second kappa shape index (κ2) is 9.90. The Balaban J connectivity index is 1.67. The highest BCUT2D eigenvalue weighted by atomic mass is 16.6. The van der Waals surface area contributed by atoms with Gasteiger partial charge in [-0.05, 0) is 23.3 Å². The van der Waals surface area contributed by atoms with Gasteiger partial charge in [0, 0.05) is 32.1 Å². The van der Waals surface area contributed by atoms with Crippen molar-refractivity contribution < 1.29 is 14.3 Å². The molecule has 0 saturated carbocycles. The lowest BCUT2D eigenvalue weighted by Gasteiger charge is -2.16. The number of carbonyl (C=O) groups is 2. The van der Waals surface area contributed by atoms with Crippen molar-refractivity contribution in [1.82, 2.24) is 10.2 Å². The summed E-state index contributed by atoms with van der Waals surface area (Å²) in [6.45, 7) is 0.922. The van der Waals surface area contributed by atoms with E-state index in [-0.39, 0.29) is 25.5 Å². The zero-order valence-corrected chi connectivity index (χ0v) is 14.8. The lowest BCUT2D eigenvalue weighted by atomic mass is 10.1. The van der Waals surface area contributed by atoms with E-state index in [2.05, 4.69) is 11.2 Å². The van der Waals surface area contributed by atoms with Crippen LogP contribution in [0.15, 0.2) is 54.6 Å². The SMILES string of the molecule is C#Cc1ccc(CNC(=O)CCN(C)C(=O)OCc2ccccc2)cc1. The number of benzene rings is 2. The van der Waals surface area contributed by atoms with Crippen LogP contribution in [0.4, 0.5) is 4.79 Å². The zero-order chi connectivity index (χ0) is 18.8. The predicted molar refractivity (Wildman–Crippen MR) is 100 cm³/mol. The second-order valence-corrected chi connectivity index (χ2v) is 5.83. The summed E-state index contributed by atoms with van der Waals surface area (Å²) in [6.07, 6.45) is 5.06. The summed E-state index contributed by atoms with van der Waals surface area (Å²) in [5.41, 5.74) is 2.69. The maximum Gasteiger partial charge on any atom is 0.409 e. The average molecular weight is 350 g/mol. The molecule has 134 valence electrons. The van der Waals surface area contributed by atoms with Crippen LogP contribution in [0.2, 0.25) is 0 Å². The number of nitrogens with one attached hydrogen (secondary N) is 1. The van der Waals surface area contributed by atoms with Gasteiger partial charge in [-0.2, -0.15) is 0 Å². The zero-order valence-electron chi connectivity index (χ0n) is 14.8. The lowest BCUT2D eigenvalue weighted by molar-refractivity contribution is -0.121. The van der Waals surface area contributed by atoms with Crippen LogP contribution in [0, 0.1) is 12.3 Å². The van der Waals surface area contributed by atoms with Crippen LogP contribution >= 0.6 is 0 Å². The van der Waals surface area contributed by atoms with Crippen molar-refractivity contribution in [3.8, 4) is 12.3 Å². The summed E-state index contributed by atoms with van der Waals surface area (Å²) >= 11 is 0. The number of ether oxygens (including phenoxy) is 1. The normalized spacial score (nSPS) is 9.85. The van der Waals surface area contributed by atoms with E-state index in [1.54, 1.807) is 7.05 Å². The molecule has 5 nitrogen and oxygen atoms in total. The van der Waals surface area contributed by atoms with E-state index in [1.165, 1.54) is 4.90 Å². The Morgan fingerprint density at radius 2 is 1.77 bits per heavy atom. The summed E-state index contributed by atoms with van der Waals surface area (Å²) in [6, 6.07) is 16.9. The third-order valence-corrected chi connectivity index (χ3v) is 3.80. The van der Waals surface area contributed by atoms with Gasteiger partial charge in [-0.15, -0.1) is 6.42 Å². The molecule has 1 N–H and O–H groups in total. The molecule has 5 heteroatoms. The van der Waals surface area contributed by atoms with Gasteiger partial charge in [0.25, 0.3) is 0 Å². The molecular weight excluding hydrogens is 328 g/mol. The first kappa shape index (κ1) is 19.1. The molecule has 0 fully saturated rings. The maximum absolute atomic E-state index is 11.9. The van der Waals surface area contributed by atoms with E-state index in [9.17, 15) is 9.59 Å². The van der Waals surface area contributed by atoms with Gasteiger partial charge in [0.05, 0.1) is 0 Å². The molecule has 0 aliphatic carbocycles. The minimum atomic E-state index is -0.452. The number of hydrogen-bond donors (Lipinski definition) is 1. The molecule has 0 radical (unpaired) electrons. The molecule has 2 aromatic rings. The van der Waals surface area contributed by atoms with Crippen molar-refractivity contribution in [1.29, 1.82) is 0 Å². The molecule has 0 aliphatic rings. The van der Waals surface area contributed by atoms with E-state index >= 15 is 0 Å². The van der Waals surface area contributed by atoms with Gasteiger partial charge < -0.3 is 15.0 Å². The van der Waals surface area contributed by atoms with E-state index in [4.69, 9.17) is 11.2 Å². The quantitative estimate of drug-likeness (QED) is 0.781. The van der Waals surface area contributed by atoms with Gasteiger partial charge in [0.2, 0.25) is 5.91 Å². The Morgan fingerprint density at radius 3 is 2.42 bits per heavy atom. The fraction of sp³-hybridized carbons (Fsp3) is 0.238. The molecule has 0 bridgehead atoms. The molecule has 26 heavy (non-hydrogen) atoms. The van der Waals surface area contributed by atoms with Crippen LogP contribution in [0.3, 0.4) is 0 Å². The average Bonchev–Trinajstić information content (AvgIpc) is 2.69. The highest BCUT2D eigenvalue weighted by molar-refractivity contribution is 5.77. The van der Waals surface area contributed by atoms with Gasteiger partial charge in [-0.25, -0.2) is 4.79 Å². The summed E-state index contributed by atoms with van der Waals surface area (Å²) in [4.78, 5) is 25.2. The topological polar surface area (TPSA) is 58.6 Å². The van der Waals surface area contributed by atoms with E-state index in [0.717, 1.165) is 16.7 Å². The molecule has 0 atom stereocenters. The summed E-state index contributed by atoms with van der Waals surface area (Å²) < 4.78 is 5.21. The second-order valence-electron chi connectivity index (χ2n) is 5.83. The van der Waals surface area contributed by atoms with E-state index in [1.807, 2.05) is 54.6 Å². The smallest absolute Gasteiger partial charge is 0.409 e. The molecule has 0 unspecified atom stereocenters. The minimum absolute atomic E-state index is 0.131. The first-order chi connectivity index (χ1) is 12.6. The van der Waals surface area contributed by atoms with Crippen LogP contribution in [-0.2, 0) is 22.7 Å². The van der Waals surface area contributed by atoms with Crippen LogP contribution < -0.4 is 5.32 Å². The molecule has 0 aromatic heterocycles. The fourth-order valence-corrected chi connectivity index (χ4v) is 2.20. The first-order valence-electron chi connectivity index (χ1n) is 8.32. The summed E-state index contributed by atoms with van der Waals surface area (Å²) in [5.74, 6) is 2.42. The Morgan fingerprint density at radius 1 is 1.08 bits per heavy atom. The third kappa shape index (κ3) is 6.33. The molecule has 0 aliphatic heterocycles. The Labute approximate surface area is 154 Å². The molecule has 0 heterocycles. The van der Waals surface area contributed by atoms with Gasteiger partial charge in [-0.3, -0.25) is 4.79 Å². The highest BCUT2D eigenvalue weighted by Gasteiger charge is 2.12. The Hall–Kier alpha value is -3.26. The number of amides is 2. The van der Waals surface area contributed by atoms with Crippen LogP contribution in [0.25, 0.3) is 0 Å². The molecular formula is C21H22N2O3. The van der Waals surface area contributed by atoms with Crippen LogP contribution in [0.1, 0.15) is 23.1 Å². The number of hydrogen-bond acceptors (Lipinski definition) is 3. The predicted octanol–water partition coefficient (Wildman–Crippen LogP) is 2.94. The summed E-state index contributed by atoms with van der Waals surface area (Å²) in [7, 11) is 1.61. The van der Waals surface area contributed by atoms with Crippen LogP contribution in [0.5, 0.6) is 0 Å². The maximum atomic E-state index is 11.9. The first-order valence-corrected chi connectivity index (χ1v) is 8.32. The monoisotopic (exact) mass is 350 g/mol. The van der Waals surface area contributed by atoms with Crippen molar-refractivity contribution in [3.05, 3.63) is 71.3 Å². The van der Waals surface area contributed by atoms with Crippen molar-refractivity contribution in [2.24, 2.45) is 0 Å². The Bertz CT molecular complexity index is 764. The number of rotatable bonds is 7. The number of nitrogens with zero attached hydrogens (tertiary/aromatic N) is 1. The van der Waals surface area contributed by atoms with Gasteiger partial charge in [0.15, 0.2) is 0 Å². The Kier molecular flexibility index (Phi) is 7.26. The van der Waals surface area contributed by atoms with Crippen molar-refractivity contribution in [2.75, 3.05) is 13.6 Å². The number of terminal acetylenes is 1. The van der Waals surface area contributed by atoms with Crippen molar-refractivity contribution in [2.45, 2.75) is 19.6 Å². The van der Waals surface area contributed by atoms with Gasteiger partial charge in [-0.1, -0.05) is 48.4 Å². The van der Waals surface area contributed by atoms with Gasteiger partial charge >= 0.3 is 6.09 Å². The molecule has 0 spiro atoms. The lowest BCUT2D eigenvalue weighted by Crippen LogP contribution is -2.32. The van der Waals surface area contributed by atoms with Gasteiger partial charge in [0.1, 0.15) is 6.61 Å².